The Morgan fingerprint density at radius 3 is 2.78 bits per heavy atom. The molecule has 9 nitrogen and oxygen atoms in total. The molecule has 2 aliphatic heterocycles. The van der Waals surface area contributed by atoms with Crippen molar-refractivity contribution >= 4 is 7.82 Å². The SMILES string of the molecule is CO[P@@]1(=O)OC[C@H]2O[C@@H](n3cc(C(C)C)c(=O)[nH]c3=O)C[C@@H]2O1. The van der Waals surface area contributed by atoms with Crippen molar-refractivity contribution in [3.63, 3.8) is 0 Å². The lowest BCUT2D eigenvalue weighted by atomic mass is 10.1. The number of hydrogen-bond acceptors (Lipinski definition) is 7. The molecule has 3 rings (SSSR count). The summed E-state index contributed by atoms with van der Waals surface area (Å²) in [6.45, 7) is 3.78. The van der Waals surface area contributed by atoms with Gasteiger partial charge in [0.15, 0.2) is 0 Å². The van der Waals surface area contributed by atoms with Crippen LogP contribution >= 0.6 is 7.82 Å². The number of rotatable bonds is 3. The summed E-state index contributed by atoms with van der Waals surface area (Å²) >= 11 is 0. The number of H-pyrrole nitrogens is 1. The Morgan fingerprint density at radius 1 is 1.39 bits per heavy atom. The van der Waals surface area contributed by atoms with Gasteiger partial charge in [-0.3, -0.25) is 27.9 Å². The fourth-order valence-electron chi connectivity index (χ4n) is 2.71. The highest BCUT2D eigenvalue weighted by Crippen LogP contribution is 2.55. The van der Waals surface area contributed by atoms with Crippen molar-refractivity contribution in [1.29, 1.82) is 0 Å². The Morgan fingerprint density at radius 2 is 2.13 bits per heavy atom. The summed E-state index contributed by atoms with van der Waals surface area (Å²) in [6, 6.07) is 0. The van der Waals surface area contributed by atoms with Crippen LogP contribution in [0.4, 0.5) is 0 Å². The van der Waals surface area contributed by atoms with Crippen LogP contribution in [0.5, 0.6) is 0 Å². The van der Waals surface area contributed by atoms with Crippen LogP contribution in [0, 0.1) is 0 Å². The summed E-state index contributed by atoms with van der Waals surface area (Å²) in [5.74, 6) is -0.0393. The molecule has 0 amide bonds. The van der Waals surface area contributed by atoms with Gasteiger partial charge >= 0.3 is 13.5 Å². The second-order valence-corrected chi connectivity index (χ2v) is 7.57. The minimum absolute atomic E-state index is 0.0393. The van der Waals surface area contributed by atoms with E-state index in [0.29, 0.717) is 12.0 Å². The van der Waals surface area contributed by atoms with Gasteiger partial charge in [0.2, 0.25) is 0 Å². The molecule has 3 heterocycles. The van der Waals surface area contributed by atoms with Gasteiger partial charge in [-0.05, 0) is 5.92 Å². The van der Waals surface area contributed by atoms with Crippen molar-refractivity contribution in [2.45, 2.75) is 44.6 Å². The molecule has 23 heavy (non-hydrogen) atoms. The molecular weight excluding hydrogens is 327 g/mol. The first-order valence-electron chi connectivity index (χ1n) is 7.32. The summed E-state index contributed by atoms with van der Waals surface area (Å²) in [6.07, 6.45) is 0.244. The lowest BCUT2D eigenvalue weighted by molar-refractivity contribution is -0.0702. The zero-order valence-electron chi connectivity index (χ0n) is 13.1. The molecule has 0 aromatic carbocycles. The van der Waals surface area contributed by atoms with E-state index in [9.17, 15) is 14.2 Å². The molecule has 2 saturated heterocycles. The minimum Gasteiger partial charge on any atom is -0.349 e. The summed E-state index contributed by atoms with van der Waals surface area (Å²) < 4.78 is 34.3. The predicted molar refractivity (Wildman–Crippen MR) is 79.4 cm³/mol. The molecule has 0 bridgehead atoms. The molecule has 1 aromatic rings. The molecule has 1 aromatic heterocycles. The van der Waals surface area contributed by atoms with Gasteiger partial charge < -0.3 is 4.74 Å². The monoisotopic (exact) mass is 346 g/mol. The van der Waals surface area contributed by atoms with E-state index < -0.39 is 37.5 Å². The van der Waals surface area contributed by atoms with Gasteiger partial charge in [-0.15, -0.1) is 0 Å². The molecule has 10 heteroatoms. The van der Waals surface area contributed by atoms with Gasteiger partial charge in [0.25, 0.3) is 5.56 Å². The van der Waals surface area contributed by atoms with Crippen LogP contribution in [0.3, 0.4) is 0 Å². The molecule has 4 atom stereocenters. The first kappa shape index (κ1) is 16.6. The zero-order valence-corrected chi connectivity index (χ0v) is 13.9. The van der Waals surface area contributed by atoms with E-state index in [-0.39, 0.29) is 12.5 Å². The van der Waals surface area contributed by atoms with Crippen LogP contribution in [0.25, 0.3) is 0 Å². The highest BCUT2D eigenvalue weighted by atomic mass is 31.2. The maximum atomic E-state index is 12.1. The summed E-state index contributed by atoms with van der Waals surface area (Å²) in [4.78, 5) is 26.2. The third-order valence-corrected chi connectivity index (χ3v) is 5.43. The fraction of sp³-hybridized carbons (Fsp3) is 0.692. The third-order valence-electron chi connectivity index (χ3n) is 3.99. The Balaban J connectivity index is 1.88. The number of aromatic amines is 1. The molecule has 0 spiro atoms. The Kier molecular flexibility index (Phi) is 4.33. The van der Waals surface area contributed by atoms with Crippen molar-refractivity contribution < 1.29 is 22.9 Å². The molecule has 128 valence electrons. The van der Waals surface area contributed by atoms with Crippen LogP contribution in [0.15, 0.2) is 15.8 Å². The second-order valence-electron chi connectivity index (χ2n) is 5.84. The maximum absolute atomic E-state index is 12.1. The van der Waals surface area contributed by atoms with Gasteiger partial charge in [0.1, 0.15) is 18.4 Å². The first-order valence-corrected chi connectivity index (χ1v) is 8.78. The van der Waals surface area contributed by atoms with Gasteiger partial charge in [0, 0.05) is 25.3 Å². The van der Waals surface area contributed by atoms with Crippen molar-refractivity contribution in [3.05, 3.63) is 32.6 Å². The molecule has 1 N–H and O–H groups in total. The molecule has 2 fully saturated rings. The van der Waals surface area contributed by atoms with E-state index in [1.165, 1.54) is 17.9 Å². The number of nitrogens with zero attached hydrogens (tertiary/aromatic N) is 1. The Hall–Kier alpha value is -1.25. The zero-order chi connectivity index (χ0) is 16.8. The van der Waals surface area contributed by atoms with Gasteiger partial charge in [0.05, 0.1) is 6.61 Å². The Bertz CT molecular complexity index is 755. The minimum atomic E-state index is -3.55. The maximum Gasteiger partial charge on any atom is 0.474 e. The van der Waals surface area contributed by atoms with Crippen molar-refractivity contribution in [2.24, 2.45) is 0 Å². The van der Waals surface area contributed by atoms with E-state index in [4.69, 9.17) is 18.3 Å². The van der Waals surface area contributed by atoms with Gasteiger partial charge in [-0.2, -0.15) is 0 Å². The molecule has 0 radical (unpaired) electrons. The van der Waals surface area contributed by atoms with Crippen LogP contribution < -0.4 is 11.2 Å². The van der Waals surface area contributed by atoms with E-state index in [1.807, 2.05) is 13.8 Å². The standard InChI is InChI=1S/C13H19N2O7P/c1-7(2)8-5-15(13(17)14-12(8)16)11-4-9-10(21-11)6-20-23(18,19-3)22-9/h5,7,9-11H,4,6H2,1-3H3,(H,14,16,17)/t9-,10+,11+,23-/m0/s1. The fourth-order valence-corrected chi connectivity index (χ4v) is 3.85. The van der Waals surface area contributed by atoms with Crippen LogP contribution in [0.1, 0.15) is 38.0 Å². The lowest BCUT2D eigenvalue weighted by Crippen LogP contribution is -2.34. The van der Waals surface area contributed by atoms with Crippen LogP contribution in [0.2, 0.25) is 0 Å². The average molecular weight is 346 g/mol. The van der Waals surface area contributed by atoms with E-state index >= 15 is 0 Å². The first-order chi connectivity index (χ1) is 10.8. The molecule has 2 aliphatic rings. The van der Waals surface area contributed by atoms with Gasteiger partial charge in [-0.25, -0.2) is 9.36 Å². The van der Waals surface area contributed by atoms with Crippen molar-refractivity contribution in [3.8, 4) is 0 Å². The molecule has 0 aliphatic carbocycles. The number of hydrogen-bond donors (Lipinski definition) is 1. The molecule has 0 saturated carbocycles. The lowest BCUT2D eigenvalue weighted by Gasteiger charge is -2.28. The van der Waals surface area contributed by atoms with Crippen LogP contribution in [-0.4, -0.2) is 35.5 Å². The van der Waals surface area contributed by atoms with Crippen LogP contribution in [-0.2, 0) is 22.9 Å². The quantitative estimate of drug-likeness (QED) is 0.817. The number of ether oxygens (including phenoxy) is 1. The summed E-state index contributed by atoms with van der Waals surface area (Å²) in [5.41, 5.74) is -0.471. The van der Waals surface area contributed by atoms with E-state index in [1.54, 1.807) is 0 Å². The number of aromatic nitrogens is 2. The Labute approximate surface area is 132 Å². The highest BCUT2D eigenvalue weighted by molar-refractivity contribution is 7.48. The largest absolute Gasteiger partial charge is 0.474 e. The number of phosphoric ester groups is 1. The highest BCUT2D eigenvalue weighted by Gasteiger charge is 2.47. The average Bonchev–Trinajstić information content (AvgIpc) is 2.89. The van der Waals surface area contributed by atoms with Crippen molar-refractivity contribution in [2.75, 3.05) is 13.7 Å². The number of fused-ring (bicyclic) bond motifs is 1. The summed E-state index contributed by atoms with van der Waals surface area (Å²) in [7, 11) is -2.31. The van der Waals surface area contributed by atoms with Gasteiger partial charge in [-0.1, -0.05) is 13.8 Å². The predicted octanol–water partition coefficient (Wildman–Crippen LogP) is 1.12. The van der Waals surface area contributed by atoms with Crippen molar-refractivity contribution in [1.82, 2.24) is 9.55 Å². The number of phosphoric acid groups is 1. The third kappa shape index (κ3) is 3.07. The normalized spacial score (nSPS) is 33.8. The molecule has 0 unspecified atom stereocenters. The van der Waals surface area contributed by atoms with E-state index in [0.717, 1.165) is 0 Å². The topological polar surface area (TPSA) is 109 Å². The smallest absolute Gasteiger partial charge is 0.349 e. The second kappa shape index (κ2) is 5.99. The molecular formula is C13H19N2O7P. The summed E-state index contributed by atoms with van der Waals surface area (Å²) in [5, 5.41) is 0. The number of nitrogens with one attached hydrogen (secondary N) is 1. The van der Waals surface area contributed by atoms with E-state index in [2.05, 4.69) is 4.98 Å².